The smallest absolute Gasteiger partial charge is 0.250 e. The highest BCUT2D eigenvalue weighted by Crippen LogP contribution is 2.05. The molecule has 56 valence electrons. The molecule has 0 unspecified atom stereocenters. The second-order valence-electron chi connectivity index (χ2n) is 2.21. The van der Waals surface area contributed by atoms with Crippen LogP contribution in [-0.2, 0) is 4.79 Å². The minimum absolute atomic E-state index is 0.0625. The van der Waals surface area contributed by atoms with Gasteiger partial charge < -0.3 is 10.2 Å². The highest BCUT2D eigenvalue weighted by atomic mass is 127. The summed E-state index contributed by atoms with van der Waals surface area (Å²) in [6, 6.07) is 0. The Bertz CT molecular complexity index is 179. The molecule has 1 amide bonds. The zero-order valence-electron chi connectivity index (χ0n) is 5.72. The van der Waals surface area contributed by atoms with Gasteiger partial charge in [0.15, 0.2) is 0 Å². The molecule has 1 rings (SSSR count). The quantitative estimate of drug-likeness (QED) is 0.538. The van der Waals surface area contributed by atoms with E-state index in [0.717, 1.165) is 10.0 Å². The summed E-state index contributed by atoms with van der Waals surface area (Å²) in [6.07, 6.45) is 1.88. The van der Waals surface area contributed by atoms with Crippen molar-refractivity contribution in [2.75, 3.05) is 18.1 Å². The Morgan fingerprint density at radius 3 is 3.10 bits per heavy atom. The van der Waals surface area contributed by atoms with Crippen molar-refractivity contribution < 1.29 is 4.79 Å². The molecule has 0 saturated carbocycles. The lowest BCUT2D eigenvalue weighted by Crippen LogP contribution is -2.39. The molecule has 0 aliphatic carbocycles. The van der Waals surface area contributed by atoms with Gasteiger partial charge >= 0.3 is 0 Å². The van der Waals surface area contributed by atoms with Gasteiger partial charge in [-0.25, -0.2) is 0 Å². The molecular weight excluding hydrogens is 243 g/mol. The molecule has 10 heavy (non-hydrogen) atoms. The molecule has 3 nitrogen and oxygen atoms in total. The molecule has 0 radical (unpaired) electrons. The molecule has 1 aliphatic rings. The number of carbonyl (C=O) groups is 1. The highest BCUT2D eigenvalue weighted by Gasteiger charge is 2.12. The van der Waals surface area contributed by atoms with Crippen LogP contribution in [-0.4, -0.2) is 29.0 Å². The van der Waals surface area contributed by atoms with Crippen molar-refractivity contribution in [2.45, 2.75) is 0 Å². The third-order valence-corrected chi connectivity index (χ3v) is 2.12. The average molecular weight is 252 g/mol. The van der Waals surface area contributed by atoms with Crippen LogP contribution in [0.1, 0.15) is 0 Å². The van der Waals surface area contributed by atoms with Crippen LogP contribution in [0.5, 0.6) is 0 Å². The maximum Gasteiger partial charge on any atom is 0.250 e. The standard InChI is InChI=1S/C6H9IN2O/c1-9-3-5(2-7)6(10)8-4-9/h3H,2,4H2,1H3,(H,8,10). The fraction of sp³-hybridized carbons (Fsp3) is 0.500. The first kappa shape index (κ1) is 7.84. The number of amides is 1. The van der Waals surface area contributed by atoms with E-state index in [4.69, 9.17) is 0 Å². The van der Waals surface area contributed by atoms with Crippen LogP contribution < -0.4 is 5.32 Å². The van der Waals surface area contributed by atoms with Gasteiger partial charge in [0.25, 0.3) is 5.91 Å². The summed E-state index contributed by atoms with van der Waals surface area (Å²) in [5.41, 5.74) is 0.842. The van der Waals surface area contributed by atoms with Crippen molar-refractivity contribution in [2.24, 2.45) is 0 Å². The fourth-order valence-corrected chi connectivity index (χ4v) is 1.32. The first-order valence-corrected chi connectivity index (χ1v) is 4.51. The van der Waals surface area contributed by atoms with E-state index in [-0.39, 0.29) is 5.91 Å². The molecule has 0 fully saturated rings. The Morgan fingerprint density at radius 2 is 2.60 bits per heavy atom. The number of halogens is 1. The second-order valence-corrected chi connectivity index (χ2v) is 2.97. The van der Waals surface area contributed by atoms with E-state index in [9.17, 15) is 4.79 Å². The highest BCUT2D eigenvalue weighted by molar-refractivity contribution is 14.1. The number of rotatable bonds is 1. The van der Waals surface area contributed by atoms with E-state index in [1.54, 1.807) is 0 Å². The Balaban J connectivity index is 2.72. The molecule has 1 aliphatic heterocycles. The third-order valence-electron chi connectivity index (χ3n) is 1.30. The van der Waals surface area contributed by atoms with E-state index in [0.29, 0.717) is 6.67 Å². The normalized spacial score (nSPS) is 18.4. The van der Waals surface area contributed by atoms with E-state index in [1.165, 1.54) is 0 Å². The molecule has 1 N–H and O–H groups in total. The zero-order chi connectivity index (χ0) is 7.56. The minimum atomic E-state index is 0.0625. The van der Waals surface area contributed by atoms with Gasteiger partial charge in [0.05, 0.1) is 6.67 Å². The Labute approximate surface area is 73.6 Å². The van der Waals surface area contributed by atoms with Crippen LogP contribution in [0.25, 0.3) is 0 Å². The third kappa shape index (κ3) is 1.62. The van der Waals surface area contributed by atoms with Crippen LogP contribution in [0.4, 0.5) is 0 Å². The first-order valence-electron chi connectivity index (χ1n) is 2.99. The zero-order valence-corrected chi connectivity index (χ0v) is 7.88. The monoisotopic (exact) mass is 252 g/mol. The maximum atomic E-state index is 11.0. The summed E-state index contributed by atoms with van der Waals surface area (Å²) in [6.45, 7) is 0.624. The predicted molar refractivity (Wildman–Crippen MR) is 47.7 cm³/mol. The van der Waals surface area contributed by atoms with Crippen LogP contribution >= 0.6 is 22.6 Å². The molecular formula is C6H9IN2O. The topological polar surface area (TPSA) is 32.3 Å². The van der Waals surface area contributed by atoms with E-state index in [1.807, 2.05) is 18.1 Å². The number of alkyl halides is 1. The number of hydrogen-bond donors (Lipinski definition) is 1. The fourth-order valence-electron chi connectivity index (χ4n) is 0.776. The number of nitrogens with zero attached hydrogens (tertiary/aromatic N) is 1. The lowest BCUT2D eigenvalue weighted by molar-refractivity contribution is -0.118. The Morgan fingerprint density at radius 1 is 1.90 bits per heavy atom. The molecule has 0 spiro atoms. The maximum absolute atomic E-state index is 11.0. The molecule has 0 aromatic carbocycles. The summed E-state index contributed by atoms with van der Waals surface area (Å²) in [5, 5.41) is 2.75. The van der Waals surface area contributed by atoms with Gasteiger partial charge in [0.2, 0.25) is 0 Å². The number of hydrogen-bond acceptors (Lipinski definition) is 2. The number of nitrogens with one attached hydrogen (secondary N) is 1. The van der Waals surface area contributed by atoms with Crippen LogP contribution in [0, 0.1) is 0 Å². The van der Waals surface area contributed by atoms with Gasteiger partial charge in [-0.1, -0.05) is 22.6 Å². The van der Waals surface area contributed by atoms with Crippen molar-refractivity contribution in [3.8, 4) is 0 Å². The largest absolute Gasteiger partial charge is 0.363 e. The predicted octanol–water partition coefficient (Wildman–Crippen LogP) is 0.324. The average Bonchev–Trinajstić information content (AvgIpc) is 1.94. The van der Waals surface area contributed by atoms with Gasteiger partial charge in [-0.15, -0.1) is 0 Å². The van der Waals surface area contributed by atoms with Crippen molar-refractivity contribution >= 4 is 28.5 Å². The summed E-state index contributed by atoms with van der Waals surface area (Å²) in [5.74, 6) is 0.0625. The van der Waals surface area contributed by atoms with Gasteiger partial charge in [-0.2, -0.15) is 0 Å². The second kappa shape index (κ2) is 3.23. The summed E-state index contributed by atoms with van der Waals surface area (Å²) >= 11 is 2.18. The molecule has 1 heterocycles. The Kier molecular flexibility index (Phi) is 2.53. The summed E-state index contributed by atoms with van der Waals surface area (Å²) < 4.78 is 0.772. The van der Waals surface area contributed by atoms with Crippen molar-refractivity contribution in [3.63, 3.8) is 0 Å². The van der Waals surface area contributed by atoms with Crippen LogP contribution in [0.2, 0.25) is 0 Å². The van der Waals surface area contributed by atoms with Crippen molar-refractivity contribution in [1.82, 2.24) is 10.2 Å². The van der Waals surface area contributed by atoms with Gasteiger partial charge in [0, 0.05) is 23.2 Å². The molecule has 0 atom stereocenters. The van der Waals surface area contributed by atoms with E-state index in [2.05, 4.69) is 27.9 Å². The number of carbonyl (C=O) groups excluding carboxylic acids is 1. The Hall–Kier alpha value is -0.260. The SMILES string of the molecule is CN1C=C(CI)C(=O)NC1. The van der Waals surface area contributed by atoms with Gasteiger partial charge in [-0.3, -0.25) is 4.79 Å². The lowest BCUT2D eigenvalue weighted by Gasteiger charge is -2.21. The van der Waals surface area contributed by atoms with E-state index < -0.39 is 0 Å². The molecule has 0 saturated heterocycles. The van der Waals surface area contributed by atoms with Gasteiger partial charge in [0.1, 0.15) is 0 Å². The summed E-state index contributed by atoms with van der Waals surface area (Å²) in [7, 11) is 1.94. The first-order chi connectivity index (χ1) is 4.74. The summed E-state index contributed by atoms with van der Waals surface area (Å²) in [4.78, 5) is 12.9. The molecule has 0 aromatic heterocycles. The van der Waals surface area contributed by atoms with Gasteiger partial charge in [-0.05, 0) is 0 Å². The molecule has 0 aromatic rings. The van der Waals surface area contributed by atoms with Crippen LogP contribution in [0.15, 0.2) is 11.8 Å². The van der Waals surface area contributed by atoms with E-state index >= 15 is 0 Å². The van der Waals surface area contributed by atoms with Crippen molar-refractivity contribution in [3.05, 3.63) is 11.8 Å². The minimum Gasteiger partial charge on any atom is -0.363 e. The molecule has 4 heteroatoms. The van der Waals surface area contributed by atoms with Crippen molar-refractivity contribution in [1.29, 1.82) is 0 Å². The molecule has 0 bridgehead atoms. The lowest BCUT2D eigenvalue weighted by atomic mass is 10.3. The van der Waals surface area contributed by atoms with Crippen LogP contribution in [0.3, 0.4) is 0 Å².